The van der Waals surface area contributed by atoms with Crippen molar-refractivity contribution < 1.29 is 24.2 Å². The highest BCUT2D eigenvalue weighted by molar-refractivity contribution is 5.97. The smallest absolute Gasteiger partial charge is 0.255 e. The number of likely N-dealkylation sites (tertiary alicyclic amines) is 1. The molecule has 268 valence electrons. The van der Waals surface area contributed by atoms with Crippen LogP contribution in [0.3, 0.4) is 0 Å². The summed E-state index contributed by atoms with van der Waals surface area (Å²) in [4.78, 5) is 28.7. The van der Waals surface area contributed by atoms with Gasteiger partial charge in [0.05, 0.1) is 18.3 Å². The molecule has 0 bridgehead atoms. The van der Waals surface area contributed by atoms with E-state index in [-0.39, 0.29) is 60.3 Å². The van der Waals surface area contributed by atoms with Gasteiger partial charge in [0.1, 0.15) is 5.75 Å². The van der Waals surface area contributed by atoms with Crippen molar-refractivity contribution in [1.82, 2.24) is 15.5 Å². The summed E-state index contributed by atoms with van der Waals surface area (Å²) in [6.07, 6.45) is 6.21. The van der Waals surface area contributed by atoms with E-state index in [1.165, 1.54) is 12.8 Å². The van der Waals surface area contributed by atoms with Gasteiger partial charge in [-0.2, -0.15) is 0 Å². The van der Waals surface area contributed by atoms with Crippen molar-refractivity contribution in [3.63, 3.8) is 0 Å². The first-order valence-electron chi connectivity index (χ1n) is 17.0. The Morgan fingerprint density at radius 1 is 0.978 bits per heavy atom. The van der Waals surface area contributed by atoms with Gasteiger partial charge < -0.3 is 30.9 Å². The molecule has 0 unspecified atom stereocenters. The molecule has 4 atom stereocenters. The van der Waals surface area contributed by atoms with Crippen LogP contribution in [0.2, 0.25) is 0 Å². The molecule has 0 saturated carbocycles. The number of carbonyl (C=O) groups is 2. The third-order valence-corrected chi connectivity index (χ3v) is 8.90. The average Bonchev–Trinajstić information content (AvgIpc) is 3.50. The van der Waals surface area contributed by atoms with Crippen LogP contribution in [0.4, 0.5) is 0 Å². The molecule has 1 aliphatic heterocycles. The van der Waals surface area contributed by atoms with Crippen molar-refractivity contribution in [2.24, 2.45) is 29.4 Å². The second kappa shape index (κ2) is 24.5. The van der Waals surface area contributed by atoms with Gasteiger partial charge in [-0.1, -0.05) is 47.1 Å². The first-order valence-corrected chi connectivity index (χ1v) is 17.0. The quantitative estimate of drug-likeness (QED) is 0.117. The Hall–Kier alpha value is -1.62. The number of nitrogens with one attached hydrogen (secondary N) is 2. The van der Waals surface area contributed by atoms with Crippen molar-refractivity contribution in [2.45, 2.75) is 105 Å². The third kappa shape index (κ3) is 16.0. The molecule has 1 heterocycles. The van der Waals surface area contributed by atoms with Gasteiger partial charge in [-0.15, -0.1) is 24.8 Å². The fourth-order valence-corrected chi connectivity index (χ4v) is 5.75. The van der Waals surface area contributed by atoms with E-state index < -0.39 is 12.1 Å². The molecule has 9 nitrogen and oxygen atoms in total. The normalized spacial score (nSPS) is 15.9. The van der Waals surface area contributed by atoms with E-state index in [0.29, 0.717) is 50.5 Å². The first-order chi connectivity index (χ1) is 21.1. The van der Waals surface area contributed by atoms with Gasteiger partial charge in [-0.25, -0.2) is 0 Å². The first kappa shape index (κ1) is 44.4. The summed E-state index contributed by atoms with van der Waals surface area (Å²) in [5, 5.41) is 17.2. The molecule has 0 radical (unpaired) electrons. The molecule has 11 heteroatoms. The average molecular weight is 692 g/mol. The Morgan fingerprint density at radius 3 is 2.26 bits per heavy atom. The molecule has 0 aromatic heterocycles. The number of aliphatic hydroxyl groups excluding tert-OH is 1. The monoisotopic (exact) mass is 690 g/mol. The number of unbranched alkanes of at least 4 members (excludes halogenated alkanes) is 2. The lowest BCUT2D eigenvalue weighted by atomic mass is 9.83. The summed E-state index contributed by atoms with van der Waals surface area (Å²) in [5.41, 5.74) is 8.19. The Kier molecular flexibility index (Phi) is 23.6. The van der Waals surface area contributed by atoms with Crippen molar-refractivity contribution in [2.75, 3.05) is 46.5 Å². The lowest BCUT2D eigenvalue weighted by Gasteiger charge is -2.30. The number of nitrogens with zero attached hydrogens (tertiary/aromatic N) is 1. The van der Waals surface area contributed by atoms with Crippen molar-refractivity contribution in [3.8, 4) is 5.75 Å². The second-order valence-electron chi connectivity index (χ2n) is 13.3. The van der Waals surface area contributed by atoms with E-state index in [2.05, 4.69) is 36.3 Å². The van der Waals surface area contributed by atoms with Crippen LogP contribution in [0.25, 0.3) is 0 Å². The molecule has 0 spiro atoms. The molecule has 2 amide bonds. The van der Waals surface area contributed by atoms with Crippen LogP contribution in [0.15, 0.2) is 18.2 Å². The van der Waals surface area contributed by atoms with Crippen molar-refractivity contribution in [3.05, 3.63) is 29.3 Å². The maximum atomic E-state index is 13.5. The Morgan fingerprint density at radius 2 is 1.65 bits per heavy atom. The predicted molar refractivity (Wildman–Crippen MR) is 192 cm³/mol. The lowest BCUT2D eigenvalue weighted by molar-refractivity contribution is -0.127. The molecule has 0 aliphatic carbocycles. The molecule has 1 aliphatic rings. The summed E-state index contributed by atoms with van der Waals surface area (Å²) in [6, 6.07) is 5.42. The van der Waals surface area contributed by atoms with Crippen molar-refractivity contribution in [1.29, 1.82) is 0 Å². The van der Waals surface area contributed by atoms with Gasteiger partial charge in [0, 0.05) is 45.3 Å². The fraction of sp³-hybridized carbons (Fsp3) is 0.771. The van der Waals surface area contributed by atoms with Gasteiger partial charge >= 0.3 is 0 Å². The Balaban J connectivity index is 0.0000101. The molecular weight excluding hydrogens is 627 g/mol. The molecular formula is C35H64Cl2N4O5. The zero-order valence-corrected chi connectivity index (χ0v) is 30.9. The minimum absolute atomic E-state index is 0. The minimum atomic E-state index is -0.808. The van der Waals surface area contributed by atoms with Crippen LogP contribution in [0.1, 0.15) is 102 Å². The van der Waals surface area contributed by atoms with Gasteiger partial charge in [-0.05, 0) is 93.5 Å². The number of hydrogen-bond acceptors (Lipinski definition) is 7. The van der Waals surface area contributed by atoms with E-state index in [9.17, 15) is 14.7 Å². The molecule has 46 heavy (non-hydrogen) atoms. The summed E-state index contributed by atoms with van der Waals surface area (Å²) in [5.74, 6) is 0.520. The summed E-state index contributed by atoms with van der Waals surface area (Å²) >= 11 is 0. The molecule has 5 N–H and O–H groups in total. The molecule has 1 saturated heterocycles. The number of benzene rings is 1. The number of ether oxygens (including phenoxy) is 2. The highest BCUT2D eigenvalue weighted by atomic mass is 35.5. The number of nitrogens with two attached hydrogens (primary N) is 1. The maximum absolute atomic E-state index is 13.5. The van der Waals surface area contributed by atoms with E-state index >= 15 is 0 Å². The number of carbonyl (C=O) groups excluding carboxylic acids is 2. The van der Waals surface area contributed by atoms with Gasteiger partial charge in [-0.3, -0.25) is 14.5 Å². The molecule has 1 aromatic rings. The van der Waals surface area contributed by atoms with Crippen LogP contribution in [0, 0.1) is 23.7 Å². The van der Waals surface area contributed by atoms with Crippen LogP contribution < -0.4 is 21.1 Å². The van der Waals surface area contributed by atoms with E-state index in [1.54, 1.807) is 7.11 Å². The van der Waals surface area contributed by atoms with Gasteiger partial charge in [0.2, 0.25) is 5.91 Å². The highest BCUT2D eigenvalue weighted by Crippen LogP contribution is 2.25. The summed E-state index contributed by atoms with van der Waals surface area (Å²) < 4.78 is 11.3. The zero-order chi connectivity index (χ0) is 32.5. The third-order valence-electron chi connectivity index (χ3n) is 8.90. The molecule has 1 fully saturated rings. The topological polar surface area (TPSA) is 126 Å². The highest BCUT2D eigenvalue weighted by Gasteiger charge is 2.30. The number of aliphatic hydroxyl groups is 1. The van der Waals surface area contributed by atoms with E-state index in [0.717, 1.165) is 50.9 Å². The second-order valence-corrected chi connectivity index (χ2v) is 13.3. The van der Waals surface area contributed by atoms with E-state index in [4.69, 9.17) is 15.2 Å². The number of halogens is 2. The maximum Gasteiger partial charge on any atom is 0.255 e. The van der Waals surface area contributed by atoms with Gasteiger partial charge in [0.15, 0.2) is 0 Å². The van der Waals surface area contributed by atoms with Crippen LogP contribution in [-0.4, -0.2) is 80.5 Å². The van der Waals surface area contributed by atoms with E-state index in [1.807, 2.05) is 32.0 Å². The summed E-state index contributed by atoms with van der Waals surface area (Å²) in [6.45, 7) is 15.7. The zero-order valence-electron chi connectivity index (χ0n) is 29.2. The lowest BCUT2D eigenvalue weighted by Crippen LogP contribution is -2.44. The predicted octanol–water partition coefficient (Wildman–Crippen LogP) is 5.59. The fourth-order valence-electron chi connectivity index (χ4n) is 5.75. The van der Waals surface area contributed by atoms with Crippen LogP contribution >= 0.6 is 24.8 Å². The molecule has 2 rings (SSSR count). The number of methoxy groups -OCH3 is 1. The summed E-state index contributed by atoms with van der Waals surface area (Å²) in [7, 11) is 1.69. The Labute approximate surface area is 291 Å². The largest absolute Gasteiger partial charge is 0.493 e. The number of rotatable bonds is 22. The standard InChI is InChI=1S/C35H62N4O5.2ClH/c1-7-8-15-37-35(42)30(26(4)5)22-32(40)31(36)21-28(25(2)3)23-38-34(41)29-14-13-27(24-39-16-9-10-17-39)20-33(29)44-19-12-11-18-43-6;;/h13-14,20,25-26,28,30-32,40H,7-12,15-19,21-24,36H2,1-6H3,(H,37,42)(H,38,41);2*1H/t28-,30+,31+,32+;;/m1../s1. The SMILES string of the molecule is CCCCNC(=O)[C@@H](C[C@H](O)[C@@H](N)C[C@H](CNC(=O)c1ccc(CN2CCCC2)cc1OCCCCOC)C(C)C)C(C)C.Cl.Cl. The number of amides is 2. The van der Waals surface area contributed by atoms with Gasteiger partial charge in [0.25, 0.3) is 5.91 Å². The molecule has 1 aromatic carbocycles. The van der Waals surface area contributed by atoms with Crippen LogP contribution in [-0.2, 0) is 16.1 Å². The Bertz CT molecular complexity index is 978. The minimum Gasteiger partial charge on any atom is -0.493 e. The van der Waals surface area contributed by atoms with Crippen molar-refractivity contribution >= 4 is 36.6 Å². The van der Waals surface area contributed by atoms with Crippen LogP contribution in [0.5, 0.6) is 5.75 Å². The number of hydrogen-bond donors (Lipinski definition) is 4.